The lowest BCUT2D eigenvalue weighted by Crippen LogP contribution is -2.50. The molecular formula is C12H19N5O3. The first-order valence-electron chi connectivity index (χ1n) is 6.68. The lowest BCUT2D eigenvalue weighted by Gasteiger charge is -2.31. The predicted octanol–water partition coefficient (Wildman–Crippen LogP) is -0.255. The Kier molecular flexibility index (Phi) is 4.31. The molecule has 4 unspecified atom stereocenters. The summed E-state index contributed by atoms with van der Waals surface area (Å²) in [6.45, 7) is 1.32. The van der Waals surface area contributed by atoms with Crippen LogP contribution in [0.15, 0.2) is 10.2 Å². The van der Waals surface area contributed by atoms with Crippen LogP contribution in [0.3, 0.4) is 0 Å². The molecule has 110 valence electrons. The second-order valence-corrected chi connectivity index (χ2v) is 5.18. The largest absolute Gasteiger partial charge is 0.351 e. The molecule has 1 aliphatic carbocycles. The molecule has 2 aliphatic rings. The van der Waals surface area contributed by atoms with Gasteiger partial charge in [0.2, 0.25) is 6.04 Å². The van der Waals surface area contributed by atoms with Crippen molar-refractivity contribution in [1.82, 2.24) is 16.0 Å². The van der Waals surface area contributed by atoms with E-state index >= 15 is 0 Å². The molecule has 0 radical (unpaired) electrons. The molecule has 0 aromatic rings. The van der Waals surface area contributed by atoms with E-state index in [9.17, 15) is 14.4 Å². The van der Waals surface area contributed by atoms with Gasteiger partial charge in [-0.05, 0) is 26.2 Å². The van der Waals surface area contributed by atoms with Crippen LogP contribution in [0.5, 0.6) is 0 Å². The zero-order valence-corrected chi connectivity index (χ0v) is 11.5. The fraction of sp³-hybridized carbons (Fsp3) is 0.750. The molecule has 8 nitrogen and oxygen atoms in total. The number of hydrogen-bond acceptors (Lipinski definition) is 5. The number of rotatable bonds is 4. The Labute approximate surface area is 116 Å². The molecular weight excluding hydrogens is 262 g/mol. The van der Waals surface area contributed by atoms with Crippen molar-refractivity contribution in [3.63, 3.8) is 0 Å². The SMILES string of the molecule is CN=NC(C(C)=O)C(=O)NC1CCC2NC(=O)NC2C1. The molecule has 3 amide bonds. The number of nitrogens with zero attached hydrogens (tertiary/aromatic N) is 2. The Balaban J connectivity index is 1.92. The second-order valence-electron chi connectivity index (χ2n) is 5.18. The highest BCUT2D eigenvalue weighted by atomic mass is 16.2. The van der Waals surface area contributed by atoms with Crippen LogP contribution in [0.25, 0.3) is 0 Å². The van der Waals surface area contributed by atoms with Gasteiger partial charge in [-0.15, -0.1) is 0 Å². The standard InChI is InChI=1S/C12H19N5O3/c1-6(18)10(17-13-2)11(19)14-7-3-4-8-9(5-7)16-12(20)15-8/h7-10H,3-5H2,1-2H3,(H,14,19)(H2,15,16,20). The maximum absolute atomic E-state index is 12.0. The smallest absolute Gasteiger partial charge is 0.315 e. The van der Waals surface area contributed by atoms with Gasteiger partial charge in [-0.1, -0.05) is 0 Å². The lowest BCUT2D eigenvalue weighted by molar-refractivity contribution is -0.129. The number of carbonyl (C=O) groups excluding carboxylic acids is 3. The minimum atomic E-state index is -1.07. The van der Waals surface area contributed by atoms with Crippen molar-refractivity contribution in [2.75, 3.05) is 7.05 Å². The van der Waals surface area contributed by atoms with Gasteiger partial charge in [-0.25, -0.2) is 4.79 Å². The lowest BCUT2D eigenvalue weighted by atomic mass is 9.87. The van der Waals surface area contributed by atoms with E-state index in [1.165, 1.54) is 14.0 Å². The zero-order chi connectivity index (χ0) is 14.7. The van der Waals surface area contributed by atoms with Crippen molar-refractivity contribution in [1.29, 1.82) is 0 Å². The third-order valence-electron chi connectivity index (χ3n) is 3.69. The summed E-state index contributed by atoms with van der Waals surface area (Å²) in [5.74, 6) is -0.763. The van der Waals surface area contributed by atoms with Crippen molar-refractivity contribution < 1.29 is 14.4 Å². The average molecular weight is 281 g/mol. The van der Waals surface area contributed by atoms with Crippen LogP contribution >= 0.6 is 0 Å². The van der Waals surface area contributed by atoms with Crippen molar-refractivity contribution in [3.8, 4) is 0 Å². The summed E-state index contributed by atoms with van der Waals surface area (Å²) in [6.07, 6.45) is 2.22. The number of urea groups is 1. The van der Waals surface area contributed by atoms with Gasteiger partial charge in [-0.3, -0.25) is 9.59 Å². The minimum absolute atomic E-state index is 0.0325. The zero-order valence-electron chi connectivity index (χ0n) is 11.5. The topological polar surface area (TPSA) is 112 Å². The molecule has 1 heterocycles. The van der Waals surface area contributed by atoms with E-state index in [0.29, 0.717) is 6.42 Å². The predicted molar refractivity (Wildman–Crippen MR) is 70.3 cm³/mol. The van der Waals surface area contributed by atoms with E-state index in [4.69, 9.17) is 0 Å². The summed E-state index contributed by atoms with van der Waals surface area (Å²) >= 11 is 0. The highest BCUT2D eigenvalue weighted by Gasteiger charge is 2.38. The Bertz CT molecular complexity index is 450. The third kappa shape index (κ3) is 3.12. The van der Waals surface area contributed by atoms with Crippen molar-refractivity contribution in [2.45, 2.75) is 50.4 Å². The van der Waals surface area contributed by atoms with E-state index in [-0.39, 0.29) is 29.9 Å². The van der Waals surface area contributed by atoms with Crippen LogP contribution in [0, 0.1) is 0 Å². The highest BCUT2D eigenvalue weighted by molar-refractivity contribution is 6.04. The molecule has 2 fully saturated rings. The first-order valence-corrected chi connectivity index (χ1v) is 6.68. The van der Waals surface area contributed by atoms with Gasteiger partial charge in [-0.2, -0.15) is 10.2 Å². The summed E-state index contributed by atoms with van der Waals surface area (Å²) in [5, 5.41) is 15.6. The van der Waals surface area contributed by atoms with Gasteiger partial charge < -0.3 is 16.0 Å². The molecule has 2 rings (SSSR count). The summed E-state index contributed by atoms with van der Waals surface area (Å²) in [7, 11) is 1.42. The number of amides is 3. The maximum atomic E-state index is 12.0. The monoisotopic (exact) mass is 281 g/mol. The Morgan fingerprint density at radius 2 is 2.00 bits per heavy atom. The number of nitrogens with one attached hydrogen (secondary N) is 3. The molecule has 1 saturated heterocycles. The molecule has 0 aromatic carbocycles. The van der Waals surface area contributed by atoms with E-state index in [0.717, 1.165) is 12.8 Å². The quantitative estimate of drug-likeness (QED) is 0.487. The van der Waals surface area contributed by atoms with Crippen LogP contribution in [-0.2, 0) is 9.59 Å². The molecule has 0 bridgehead atoms. The molecule has 8 heteroatoms. The van der Waals surface area contributed by atoms with E-state index in [1.54, 1.807) is 0 Å². The van der Waals surface area contributed by atoms with E-state index in [2.05, 4.69) is 26.2 Å². The molecule has 4 atom stereocenters. The van der Waals surface area contributed by atoms with Crippen molar-refractivity contribution >= 4 is 17.7 Å². The fourth-order valence-corrected chi connectivity index (χ4v) is 2.73. The number of carbonyl (C=O) groups is 3. The number of Topliss-reactive ketones (excluding diaryl/α,β-unsaturated/α-hetero) is 1. The van der Waals surface area contributed by atoms with E-state index < -0.39 is 11.9 Å². The molecule has 20 heavy (non-hydrogen) atoms. The second kappa shape index (κ2) is 5.98. The van der Waals surface area contributed by atoms with Gasteiger partial charge in [0.15, 0.2) is 5.78 Å². The van der Waals surface area contributed by atoms with Crippen LogP contribution < -0.4 is 16.0 Å². The third-order valence-corrected chi connectivity index (χ3v) is 3.69. The molecule has 1 saturated carbocycles. The van der Waals surface area contributed by atoms with E-state index in [1.807, 2.05) is 0 Å². The fourth-order valence-electron chi connectivity index (χ4n) is 2.73. The Hall–Kier alpha value is -1.99. The number of hydrogen-bond donors (Lipinski definition) is 3. The summed E-state index contributed by atoms with van der Waals surface area (Å²) in [5.41, 5.74) is 0. The van der Waals surface area contributed by atoms with Crippen LogP contribution in [0.2, 0.25) is 0 Å². The molecule has 0 spiro atoms. The normalized spacial score (nSPS) is 30.3. The van der Waals surface area contributed by atoms with Crippen LogP contribution in [0.1, 0.15) is 26.2 Å². The van der Waals surface area contributed by atoms with Gasteiger partial charge >= 0.3 is 6.03 Å². The minimum Gasteiger partial charge on any atom is -0.351 e. The van der Waals surface area contributed by atoms with Gasteiger partial charge in [0.05, 0.1) is 12.1 Å². The highest BCUT2D eigenvalue weighted by Crippen LogP contribution is 2.22. The van der Waals surface area contributed by atoms with Gasteiger partial charge in [0.25, 0.3) is 5.91 Å². The summed E-state index contributed by atoms with van der Waals surface area (Å²) < 4.78 is 0. The number of fused-ring (bicyclic) bond motifs is 1. The molecule has 3 N–H and O–H groups in total. The average Bonchev–Trinajstić information content (AvgIpc) is 2.74. The molecule has 0 aromatic heterocycles. The summed E-state index contributed by atoms with van der Waals surface area (Å²) in [4.78, 5) is 34.6. The molecule has 1 aliphatic heterocycles. The Morgan fingerprint density at radius 1 is 1.30 bits per heavy atom. The first kappa shape index (κ1) is 14.4. The van der Waals surface area contributed by atoms with Crippen LogP contribution in [0.4, 0.5) is 4.79 Å². The van der Waals surface area contributed by atoms with Crippen molar-refractivity contribution in [2.24, 2.45) is 10.2 Å². The maximum Gasteiger partial charge on any atom is 0.315 e. The van der Waals surface area contributed by atoms with Gasteiger partial charge in [0.1, 0.15) is 0 Å². The Morgan fingerprint density at radius 3 is 2.65 bits per heavy atom. The number of azo groups is 1. The summed E-state index contributed by atoms with van der Waals surface area (Å²) in [6, 6.07) is -1.13. The number of ketones is 1. The van der Waals surface area contributed by atoms with Gasteiger partial charge in [0, 0.05) is 13.1 Å². The van der Waals surface area contributed by atoms with Crippen molar-refractivity contribution in [3.05, 3.63) is 0 Å². The van der Waals surface area contributed by atoms with Crippen LogP contribution in [-0.4, -0.2) is 48.9 Å². The first-order chi connectivity index (χ1) is 9.51.